The number of primary amides is 1. The summed E-state index contributed by atoms with van der Waals surface area (Å²) in [6, 6.07) is 5.46. The van der Waals surface area contributed by atoms with Crippen LogP contribution in [0, 0.1) is 5.92 Å². The Bertz CT molecular complexity index is 441. The first-order valence-electron chi connectivity index (χ1n) is 6.44. The first-order chi connectivity index (χ1) is 8.58. The lowest BCUT2D eigenvalue weighted by molar-refractivity contribution is 0.100. The normalized spacial score (nSPS) is 17.7. The van der Waals surface area contributed by atoms with Crippen molar-refractivity contribution in [1.29, 1.82) is 0 Å². The molecule has 0 heterocycles. The summed E-state index contributed by atoms with van der Waals surface area (Å²) in [4.78, 5) is 11.2. The number of hydrogen-bond acceptors (Lipinski definition) is 2. The predicted molar refractivity (Wildman–Crippen MR) is 75.0 cm³/mol. The van der Waals surface area contributed by atoms with Crippen LogP contribution in [0.2, 0.25) is 5.02 Å². The molecule has 98 valence electrons. The Balaban J connectivity index is 2.12. The zero-order chi connectivity index (χ0) is 13.1. The maximum absolute atomic E-state index is 11.2. The third kappa shape index (κ3) is 2.96. The van der Waals surface area contributed by atoms with E-state index in [4.69, 9.17) is 17.3 Å². The Morgan fingerprint density at radius 2 is 2.11 bits per heavy atom. The molecule has 1 saturated carbocycles. The molecule has 1 atom stereocenters. The van der Waals surface area contributed by atoms with Crippen LogP contribution >= 0.6 is 11.6 Å². The molecular formula is C14H19ClN2O. The van der Waals surface area contributed by atoms with E-state index in [1.165, 1.54) is 25.7 Å². The lowest BCUT2D eigenvalue weighted by Crippen LogP contribution is -2.24. The van der Waals surface area contributed by atoms with Crippen molar-refractivity contribution in [3.05, 3.63) is 28.8 Å². The third-order valence-corrected chi connectivity index (χ3v) is 4.07. The van der Waals surface area contributed by atoms with E-state index in [1.54, 1.807) is 18.2 Å². The van der Waals surface area contributed by atoms with Crippen LogP contribution in [0.3, 0.4) is 0 Å². The minimum Gasteiger partial charge on any atom is -0.381 e. The van der Waals surface area contributed by atoms with Crippen molar-refractivity contribution in [2.24, 2.45) is 11.7 Å². The van der Waals surface area contributed by atoms with Crippen molar-refractivity contribution in [1.82, 2.24) is 0 Å². The molecule has 0 aromatic heterocycles. The van der Waals surface area contributed by atoms with Gasteiger partial charge in [0.25, 0.3) is 0 Å². The molecule has 4 heteroatoms. The van der Waals surface area contributed by atoms with E-state index in [2.05, 4.69) is 12.2 Å². The molecule has 2 rings (SSSR count). The van der Waals surface area contributed by atoms with Crippen molar-refractivity contribution in [2.45, 2.75) is 38.6 Å². The molecule has 3 nitrogen and oxygen atoms in total. The van der Waals surface area contributed by atoms with E-state index in [0.717, 1.165) is 5.69 Å². The van der Waals surface area contributed by atoms with Gasteiger partial charge in [-0.25, -0.2) is 0 Å². The topological polar surface area (TPSA) is 55.1 Å². The van der Waals surface area contributed by atoms with Crippen LogP contribution in [-0.2, 0) is 0 Å². The van der Waals surface area contributed by atoms with E-state index < -0.39 is 5.91 Å². The highest BCUT2D eigenvalue weighted by Gasteiger charge is 2.22. The second kappa shape index (κ2) is 5.61. The van der Waals surface area contributed by atoms with Crippen molar-refractivity contribution in [2.75, 3.05) is 5.32 Å². The number of halogens is 1. The molecule has 0 saturated heterocycles. The molecule has 1 amide bonds. The highest BCUT2D eigenvalue weighted by molar-refractivity contribution is 6.33. The van der Waals surface area contributed by atoms with Crippen LogP contribution in [0.15, 0.2) is 18.2 Å². The second-order valence-corrected chi connectivity index (χ2v) is 5.44. The summed E-state index contributed by atoms with van der Waals surface area (Å²) < 4.78 is 0. The van der Waals surface area contributed by atoms with Gasteiger partial charge in [-0.15, -0.1) is 0 Å². The summed E-state index contributed by atoms with van der Waals surface area (Å²) >= 11 is 6.14. The quantitative estimate of drug-likeness (QED) is 0.877. The summed E-state index contributed by atoms with van der Waals surface area (Å²) in [7, 11) is 0. The SMILES string of the molecule is CC(Nc1cc(C(N)=O)ccc1Cl)C1CCCC1. The number of carbonyl (C=O) groups is 1. The highest BCUT2D eigenvalue weighted by atomic mass is 35.5. The number of carbonyl (C=O) groups excluding carboxylic acids is 1. The number of nitrogens with two attached hydrogens (primary N) is 1. The Kier molecular flexibility index (Phi) is 4.12. The number of amides is 1. The second-order valence-electron chi connectivity index (χ2n) is 5.04. The molecule has 0 aliphatic heterocycles. The van der Waals surface area contributed by atoms with Gasteiger partial charge in [0.1, 0.15) is 0 Å². The van der Waals surface area contributed by atoms with Gasteiger partial charge >= 0.3 is 0 Å². The average Bonchev–Trinajstić information content (AvgIpc) is 2.85. The number of rotatable bonds is 4. The summed E-state index contributed by atoms with van der Waals surface area (Å²) in [5, 5.41) is 4.04. The van der Waals surface area contributed by atoms with Crippen molar-refractivity contribution < 1.29 is 4.79 Å². The number of anilines is 1. The fourth-order valence-corrected chi connectivity index (χ4v) is 2.78. The van der Waals surface area contributed by atoms with Gasteiger partial charge < -0.3 is 11.1 Å². The van der Waals surface area contributed by atoms with Gasteiger partial charge in [-0.2, -0.15) is 0 Å². The zero-order valence-electron chi connectivity index (χ0n) is 10.6. The molecule has 1 unspecified atom stereocenters. The van der Waals surface area contributed by atoms with Gasteiger partial charge in [0.05, 0.1) is 10.7 Å². The standard InChI is InChI=1S/C14H19ClN2O/c1-9(10-4-2-3-5-10)17-13-8-11(14(16)18)6-7-12(13)15/h6-10,17H,2-5H2,1H3,(H2,16,18). The molecule has 0 radical (unpaired) electrons. The average molecular weight is 267 g/mol. The van der Waals surface area contributed by atoms with Crippen LogP contribution in [-0.4, -0.2) is 11.9 Å². The van der Waals surface area contributed by atoms with Crippen molar-refractivity contribution >= 4 is 23.2 Å². The maximum Gasteiger partial charge on any atom is 0.248 e. The Morgan fingerprint density at radius 3 is 2.72 bits per heavy atom. The molecule has 1 fully saturated rings. The summed E-state index contributed by atoms with van der Waals surface area (Å²) in [5.41, 5.74) is 6.56. The van der Waals surface area contributed by atoms with Crippen LogP contribution < -0.4 is 11.1 Å². The first kappa shape index (κ1) is 13.2. The lowest BCUT2D eigenvalue weighted by atomic mass is 9.99. The van der Waals surface area contributed by atoms with Crippen molar-refractivity contribution in [3.8, 4) is 0 Å². The molecular weight excluding hydrogens is 248 g/mol. The molecule has 1 aliphatic rings. The van der Waals surface area contributed by atoms with Gasteiger partial charge in [0.15, 0.2) is 0 Å². The van der Waals surface area contributed by atoms with Crippen LogP contribution in [0.1, 0.15) is 43.0 Å². The largest absolute Gasteiger partial charge is 0.381 e. The minimum absolute atomic E-state index is 0.369. The molecule has 1 aromatic rings. The Hall–Kier alpha value is -1.22. The van der Waals surface area contributed by atoms with E-state index in [-0.39, 0.29) is 0 Å². The van der Waals surface area contributed by atoms with E-state index in [1.807, 2.05) is 0 Å². The van der Waals surface area contributed by atoms with Crippen LogP contribution in [0.4, 0.5) is 5.69 Å². The van der Waals surface area contributed by atoms with Crippen molar-refractivity contribution in [3.63, 3.8) is 0 Å². The molecule has 1 aliphatic carbocycles. The summed E-state index contributed by atoms with van der Waals surface area (Å²) in [5.74, 6) is 0.265. The van der Waals surface area contributed by atoms with Gasteiger partial charge in [0, 0.05) is 11.6 Å². The van der Waals surface area contributed by atoms with E-state index in [0.29, 0.717) is 22.5 Å². The lowest BCUT2D eigenvalue weighted by Gasteiger charge is -2.22. The van der Waals surface area contributed by atoms with Crippen LogP contribution in [0.5, 0.6) is 0 Å². The minimum atomic E-state index is -0.428. The smallest absolute Gasteiger partial charge is 0.248 e. The first-order valence-corrected chi connectivity index (χ1v) is 6.81. The number of hydrogen-bond donors (Lipinski definition) is 2. The molecule has 1 aromatic carbocycles. The zero-order valence-corrected chi connectivity index (χ0v) is 11.3. The maximum atomic E-state index is 11.2. The van der Waals surface area contributed by atoms with Gasteiger partial charge in [-0.1, -0.05) is 24.4 Å². The Labute approximate surface area is 113 Å². The molecule has 3 N–H and O–H groups in total. The summed E-state index contributed by atoms with van der Waals surface area (Å²) in [6.07, 6.45) is 5.15. The van der Waals surface area contributed by atoms with Gasteiger partial charge in [-0.3, -0.25) is 4.79 Å². The highest BCUT2D eigenvalue weighted by Crippen LogP contribution is 2.31. The van der Waals surface area contributed by atoms with E-state index in [9.17, 15) is 4.79 Å². The van der Waals surface area contributed by atoms with Gasteiger partial charge in [-0.05, 0) is 43.9 Å². The number of benzene rings is 1. The van der Waals surface area contributed by atoms with Gasteiger partial charge in [0.2, 0.25) is 5.91 Å². The fourth-order valence-electron chi connectivity index (χ4n) is 2.61. The molecule has 0 bridgehead atoms. The number of nitrogens with one attached hydrogen (secondary N) is 1. The Morgan fingerprint density at radius 1 is 1.44 bits per heavy atom. The fraction of sp³-hybridized carbons (Fsp3) is 0.500. The third-order valence-electron chi connectivity index (χ3n) is 3.74. The van der Waals surface area contributed by atoms with E-state index >= 15 is 0 Å². The molecule has 0 spiro atoms. The summed E-state index contributed by atoms with van der Waals surface area (Å²) in [6.45, 7) is 2.17. The predicted octanol–water partition coefficient (Wildman–Crippen LogP) is 3.43. The van der Waals surface area contributed by atoms with Crippen LogP contribution in [0.25, 0.3) is 0 Å². The monoisotopic (exact) mass is 266 g/mol. The molecule has 18 heavy (non-hydrogen) atoms.